The van der Waals surface area contributed by atoms with Crippen LogP contribution in [0.1, 0.15) is 56.0 Å². The van der Waals surface area contributed by atoms with E-state index in [1.807, 2.05) is 25.1 Å². The molecule has 1 saturated heterocycles. The highest BCUT2D eigenvalue weighted by atomic mass is 35.5. The molecule has 0 saturated carbocycles. The summed E-state index contributed by atoms with van der Waals surface area (Å²) < 4.78 is 0. The van der Waals surface area contributed by atoms with Crippen LogP contribution in [0.4, 0.5) is 0 Å². The van der Waals surface area contributed by atoms with Crippen LogP contribution in [0.15, 0.2) is 18.2 Å². The van der Waals surface area contributed by atoms with Crippen molar-refractivity contribution in [1.82, 2.24) is 5.32 Å². The van der Waals surface area contributed by atoms with E-state index in [0.29, 0.717) is 0 Å². The van der Waals surface area contributed by atoms with Crippen molar-refractivity contribution in [1.29, 1.82) is 0 Å². The van der Waals surface area contributed by atoms with E-state index in [1.54, 1.807) is 0 Å². The highest BCUT2D eigenvalue weighted by molar-refractivity contribution is 6.31. The molecule has 1 N–H and O–H groups in total. The first-order chi connectivity index (χ1) is 9.73. The molecule has 116 valence electrons. The van der Waals surface area contributed by atoms with Gasteiger partial charge in [0.2, 0.25) is 0 Å². The summed E-state index contributed by atoms with van der Waals surface area (Å²) in [4.78, 5) is 13.1. The van der Waals surface area contributed by atoms with E-state index < -0.39 is 0 Å². The zero-order valence-corrected chi connectivity index (χ0v) is 14.3. The fraction of sp³-hybridized carbons (Fsp3) is 0.611. The smallest absolute Gasteiger partial charge is 0.170 e. The van der Waals surface area contributed by atoms with E-state index in [0.717, 1.165) is 48.5 Å². The number of carbonyl (C=O) groups excluding carboxylic acids is 1. The van der Waals surface area contributed by atoms with Gasteiger partial charge in [0.05, 0.1) is 0 Å². The average molecular weight is 308 g/mol. The summed E-state index contributed by atoms with van der Waals surface area (Å²) in [7, 11) is 0. The van der Waals surface area contributed by atoms with Gasteiger partial charge in [-0.3, -0.25) is 4.79 Å². The van der Waals surface area contributed by atoms with Crippen molar-refractivity contribution < 1.29 is 4.79 Å². The largest absolute Gasteiger partial charge is 0.316 e. The van der Waals surface area contributed by atoms with E-state index in [4.69, 9.17) is 11.6 Å². The third-order valence-electron chi connectivity index (χ3n) is 4.50. The van der Waals surface area contributed by atoms with Crippen molar-refractivity contribution in [2.45, 2.75) is 47.0 Å². The monoisotopic (exact) mass is 307 g/mol. The minimum absolute atomic E-state index is 0.243. The van der Waals surface area contributed by atoms with Gasteiger partial charge in [0, 0.05) is 22.5 Å². The second-order valence-electron chi connectivity index (χ2n) is 7.56. The van der Waals surface area contributed by atoms with E-state index in [2.05, 4.69) is 26.1 Å². The van der Waals surface area contributed by atoms with Crippen LogP contribution in [0.5, 0.6) is 0 Å². The Morgan fingerprint density at radius 1 is 1.38 bits per heavy atom. The third-order valence-corrected chi connectivity index (χ3v) is 4.92. The fourth-order valence-electron chi connectivity index (χ4n) is 2.97. The first kappa shape index (κ1) is 16.5. The topological polar surface area (TPSA) is 29.1 Å². The van der Waals surface area contributed by atoms with Gasteiger partial charge >= 0.3 is 0 Å². The molecule has 1 atom stereocenters. The summed E-state index contributed by atoms with van der Waals surface area (Å²) in [6, 6.07) is 5.64. The van der Waals surface area contributed by atoms with Gasteiger partial charge in [0.25, 0.3) is 0 Å². The molecule has 0 bridgehead atoms. The molecule has 0 aliphatic carbocycles. The van der Waals surface area contributed by atoms with Crippen LogP contribution in [-0.2, 0) is 0 Å². The molecule has 0 spiro atoms. The fourth-order valence-corrected chi connectivity index (χ4v) is 3.09. The molecule has 2 nitrogen and oxygen atoms in total. The van der Waals surface area contributed by atoms with Crippen molar-refractivity contribution >= 4 is 17.4 Å². The van der Waals surface area contributed by atoms with Gasteiger partial charge in [-0.25, -0.2) is 0 Å². The molecule has 1 aromatic rings. The normalized spacial score (nSPS) is 22.5. The predicted molar refractivity (Wildman–Crippen MR) is 89.1 cm³/mol. The number of aryl methyl sites for hydroxylation is 1. The lowest BCUT2D eigenvalue weighted by molar-refractivity contribution is 0.0783. The van der Waals surface area contributed by atoms with E-state index in [-0.39, 0.29) is 16.6 Å². The van der Waals surface area contributed by atoms with Crippen molar-refractivity contribution in [3.05, 3.63) is 34.3 Å². The maximum Gasteiger partial charge on any atom is 0.170 e. The quantitative estimate of drug-likeness (QED) is 0.821. The standard InChI is InChI=1S/C18H26ClNO/c1-13-11-14(5-6-15(13)19)16(21)18(9-10-20-12-18)8-7-17(2,3)4/h5-6,11,20H,7-10,12H2,1-4H3. The number of nitrogens with one attached hydrogen (secondary N) is 1. The average Bonchev–Trinajstić information content (AvgIpc) is 2.88. The van der Waals surface area contributed by atoms with E-state index in [1.165, 1.54) is 0 Å². The van der Waals surface area contributed by atoms with Crippen LogP contribution < -0.4 is 5.32 Å². The Morgan fingerprint density at radius 3 is 2.62 bits per heavy atom. The number of ketones is 1. The Morgan fingerprint density at radius 2 is 2.10 bits per heavy atom. The molecule has 1 heterocycles. The molecular weight excluding hydrogens is 282 g/mol. The number of carbonyl (C=O) groups is 1. The SMILES string of the molecule is Cc1cc(C(=O)C2(CCC(C)(C)C)CCNC2)ccc1Cl. The molecule has 3 heteroatoms. The van der Waals surface area contributed by atoms with Crippen LogP contribution in [0.3, 0.4) is 0 Å². The molecule has 0 amide bonds. The minimum atomic E-state index is -0.243. The van der Waals surface area contributed by atoms with E-state index >= 15 is 0 Å². The van der Waals surface area contributed by atoms with Crippen LogP contribution in [0.2, 0.25) is 5.02 Å². The summed E-state index contributed by atoms with van der Waals surface area (Å²) >= 11 is 6.08. The van der Waals surface area contributed by atoms with Gasteiger partial charge in [0.1, 0.15) is 0 Å². The first-order valence-electron chi connectivity index (χ1n) is 7.75. The Balaban J connectivity index is 2.24. The summed E-state index contributed by atoms with van der Waals surface area (Å²) in [5, 5.41) is 4.10. The number of rotatable bonds is 4. The Hall–Kier alpha value is -0.860. The van der Waals surface area contributed by atoms with Gasteiger partial charge in [-0.2, -0.15) is 0 Å². The molecule has 0 aromatic heterocycles. The molecule has 1 aliphatic rings. The van der Waals surface area contributed by atoms with Gasteiger partial charge in [-0.1, -0.05) is 32.4 Å². The molecule has 21 heavy (non-hydrogen) atoms. The molecule has 1 aliphatic heterocycles. The van der Waals surface area contributed by atoms with Gasteiger partial charge in [-0.15, -0.1) is 0 Å². The lowest BCUT2D eigenvalue weighted by Crippen LogP contribution is -2.34. The van der Waals surface area contributed by atoms with Gasteiger partial charge in [-0.05, 0) is 61.9 Å². The van der Waals surface area contributed by atoms with Crippen molar-refractivity contribution in [3.63, 3.8) is 0 Å². The molecule has 1 unspecified atom stereocenters. The van der Waals surface area contributed by atoms with Crippen LogP contribution >= 0.6 is 11.6 Å². The Labute approximate surface area is 133 Å². The van der Waals surface area contributed by atoms with Crippen molar-refractivity contribution in [2.75, 3.05) is 13.1 Å². The molecule has 1 aromatic carbocycles. The molecule has 2 rings (SSSR count). The van der Waals surface area contributed by atoms with E-state index in [9.17, 15) is 4.79 Å². The third kappa shape index (κ3) is 3.87. The lowest BCUT2D eigenvalue weighted by Gasteiger charge is -2.30. The lowest BCUT2D eigenvalue weighted by atomic mass is 9.72. The molecule has 0 radical (unpaired) electrons. The summed E-state index contributed by atoms with van der Waals surface area (Å²) in [5.74, 6) is 0.275. The van der Waals surface area contributed by atoms with Crippen LogP contribution in [0.25, 0.3) is 0 Å². The zero-order chi connectivity index (χ0) is 15.7. The summed E-state index contributed by atoms with van der Waals surface area (Å²) in [6.07, 6.45) is 2.95. The number of hydrogen-bond acceptors (Lipinski definition) is 2. The predicted octanol–water partition coefficient (Wildman–Crippen LogP) is 4.64. The van der Waals surface area contributed by atoms with Crippen molar-refractivity contribution in [3.8, 4) is 0 Å². The minimum Gasteiger partial charge on any atom is -0.316 e. The maximum absolute atomic E-state index is 13.1. The van der Waals surface area contributed by atoms with Crippen LogP contribution in [-0.4, -0.2) is 18.9 Å². The number of hydrogen-bond donors (Lipinski definition) is 1. The summed E-state index contributed by atoms with van der Waals surface area (Å²) in [5.41, 5.74) is 1.79. The first-order valence-corrected chi connectivity index (χ1v) is 8.13. The zero-order valence-electron chi connectivity index (χ0n) is 13.6. The Kier molecular flexibility index (Phi) is 4.79. The second kappa shape index (κ2) is 6.10. The number of halogens is 1. The molecule has 1 fully saturated rings. The highest BCUT2D eigenvalue weighted by Crippen LogP contribution is 2.38. The maximum atomic E-state index is 13.1. The summed E-state index contributed by atoms with van der Waals surface area (Å²) in [6.45, 7) is 10.4. The highest BCUT2D eigenvalue weighted by Gasteiger charge is 2.41. The number of benzene rings is 1. The number of Topliss-reactive ketones (excluding diaryl/α,β-unsaturated/α-hetero) is 1. The second-order valence-corrected chi connectivity index (χ2v) is 7.97. The van der Waals surface area contributed by atoms with Crippen molar-refractivity contribution in [2.24, 2.45) is 10.8 Å². The van der Waals surface area contributed by atoms with Gasteiger partial charge < -0.3 is 5.32 Å². The van der Waals surface area contributed by atoms with Crippen LogP contribution in [0, 0.1) is 17.8 Å². The van der Waals surface area contributed by atoms with Gasteiger partial charge in [0.15, 0.2) is 5.78 Å². The molecular formula is C18H26ClNO. The Bertz CT molecular complexity index is 525.